The van der Waals surface area contributed by atoms with Gasteiger partial charge in [0.05, 0.1) is 18.6 Å². The van der Waals surface area contributed by atoms with E-state index in [1.807, 2.05) is 13.8 Å². The van der Waals surface area contributed by atoms with Crippen molar-refractivity contribution in [2.24, 2.45) is 5.92 Å². The predicted molar refractivity (Wildman–Crippen MR) is 74.4 cm³/mol. The minimum Gasteiger partial charge on any atom is -0.497 e. The van der Waals surface area contributed by atoms with Gasteiger partial charge >= 0.3 is 0 Å². The number of nitrogen functional groups attached to an aromatic ring is 1. The highest BCUT2D eigenvalue weighted by Gasteiger charge is 2.13. The maximum absolute atomic E-state index is 11.9. The molecule has 0 aromatic heterocycles. The molecule has 0 unspecified atom stereocenters. The molecule has 0 fully saturated rings. The second-order valence-corrected chi connectivity index (χ2v) is 7.07. The summed E-state index contributed by atoms with van der Waals surface area (Å²) in [7, 11) is -1.55. The van der Waals surface area contributed by atoms with Crippen LogP contribution in [0.4, 0.5) is 5.69 Å². The lowest BCUT2D eigenvalue weighted by Crippen LogP contribution is -2.11. The smallest absolute Gasteiger partial charge is 0.154 e. The van der Waals surface area contributed by atoms with Gasteiger partial charge in [-0.05, 0) is 30.0 Å². The van der Waals surface area contributed by atoms with E-state index in [0.717, 1.165) is 0 Å². The van der Waals surface area contributed by atoms with Gasteiger partial charge in [0.25, 0.3) is 0 Å². The number of hydrogen-bond acceptors (Lipinski definition) is 4. The first kappa shape index (κ1) is 14.8. The first-order chi connectivity index (χ1) is 8.32. The molecule has 0 saturated heterocycles. The maximum Gasteiger partial charge on any atom is 0.154 e. The molecule has 0 radical (unpaired) electrons. The normalized spacial score (nSPS) is 11.8. The Hall–Kier alpha value is -1.23. The van der Waals surface area contributed by atoms with Crippen LogP contribution in [0, 0.1) is 5.92 Å². The van der Waals surface area contributed by atoms with Crippen LogP contribution < -0.4 is 10.5 Å². The highest BCUT2D eigenvalue weighted by Crippen LogP contribution is 2.20. The average molecular weight is 271 g/mol. The summed E-state index contributed by atoms with van der Waals surface area (Å²) in [4.78, 5) is 0. The fourth-order valence-corrected chi connectivity index (χ4v) is 3.28. The molecule has 102 valence electrons. The van der Waals surface area contributed by atoms with Gasteiger partial charge in [-0.1, -0.05) is 13.8 Å². The van der Waals surface area contributed by atoms with Crippen molar-refractivity contribution in [3.63, 3.8) is 0 Å². The van der Waals surface area contributed by atoms with E-state index in [2.05, 4.69) is 0 Å². The van der Waals surface area contributed by atoms with E-state index in [0.29, 0.717) is 29.3 Å². The first-order valence-electron chi connectivity index (χ1n) is 5.96. The van der Waals surface area contributed by atoms with Crippen molar-refractivity contribution in [1.29, 1.82) is 0 Å². The summed E-state index contributed by atoms with van der Waals surface area (Å²) in [5, 5.41) is 0. The molecular weight excluding hydrogens is 250 g/mol. The lowest BCUT2D eigenvalue weighted by Gasteiger charge is -2.09. The third-order valence-corrected chi connectivity index (χ3v) is 4.25. The molecule has 0 aliphatic heterocycles. The Bertz CT molecular complexity index is 495. The Morgan fingerprint density at radius 2 is 1.94 bits per heavy atom. The van der Waals surface area contributed by atoms with Crippen LogP contribution in [0.3, 0.4) is 0 Å². The first-order valence-corrected chi connectivity index (χ1v) is 7.78. The van der Waals surface area contributed by atoms with Gasteiger partial charge in [-0.3, -0.25) is 0 Å². The largest absolute Gasteiger partial charge is 0.497 e. The number of nitrogens with two attached hydrogens (primary N) is 1. The number of benzene rings is 1. The molecule has 2 N–H and O–H groups in total. The number of ether oxygens (including phenoxy) is 1. The van der Waals surface area contributed by atoms with E-state index >= 15 is 0 Å². The quantitative estimate of drug-likeness (QED) is 0.806. The van der Waals surface area contributed by atoms with Gasteiger partial charge in [-0.25, -0.2) is 8.42 Å². The van der Waals surface area contributed by atoms with E-state index < -0.39 is 9.84 Å². The van der Waals surface area contributed by atoms with E-state index in [1.165, 1.54) is 7.11 Å². The third-order valence-electron chi connectivity index (χ3n) is 2.62. The lowest BCUT2D eigenvalue weighted by atomic mass is 10.2. The van der Waals surface area contributed by atoms with E-state index in [1.54, 1.807) is 18.2 Å². The average Bonchev–Trinajstić information content (AvgIpc) is 2.25. The molecule has 1 rings (SSSR count). The van der Waals surface area contributed by atoms with Crippen LogP contribution >= 0.6 is 0 Å². The van der Waals surface area contributed by atoms with Crippen LogP contribution in [0.1, 0.15) is 25.8 Å². The molecule has 0 bridgehead atoms. The second kappa shape index (κ2) is 6.09. The van der Waals surface area contributed by atoms with Gasteiger partial charge < -0.3 is 10.5 Å². The molecule has 4 nitrogen and oxygen atoms in total. The third kappa shape index (κ3) is 4.96. The van der Waals surface area contributed by atoms with Crippen LogP contribution in [0.5, 0.6) is 5.75 Å². The summed E-state index contributed by atoms with van der Waals surface area (Å²) in [5.74, 6) is 1.20. The van der Waals surface area contributed by atoms with Gasteiger partial charge in [0.2, 0.25) is 0 Å². The van der Waals surface area contributed by atoms with Crippen molar-refractivity contribution >= 4 is 15.5 Å². The minimum atomic E-state index is -3.08. The summed E-state index contributed by atoms with van der Waals surface area (Å²) in [6.07, 6.45) is 0.682. The van der Waals surface area contributed by atoms with Gasteiger partial charge in [-0.15, -0.1) is 0 Å². The van der Waals surface area contributed by atoms with Crippen molar-refractivity contribution in [2.45, 2.75) is 26.0 Å². The van der Waals surface area contributed by atoms with Crippen LogP contribution in [-0.2, 0) is 15.6 Å². The second-order valence-electron chi connectivity index (χ2n) is 4.89. The van der Waals surface area contributed by atoms with Gasteiger partial charge in [0, 0.05) is 11.8 Å². The molecule has 1 aromatic rings. The summed E-state index contributed by atoms with van der Waals surface area (Å²) in [6.45, 7) is 4.03. The summed E-state index contributed by atoms with van der Waals surface area (Å²) < 4.78 is 28.9. The van der Waals surface area contributed by atoms with E-state index in [-0.39, 0.29) is 11.5 Å². The van der Waals surface area contributed by atoms with Crippen LogP contribution in [0.25, 0.3) is 0 Å². The Balaban J connectivity index is 2.80. The zero-order chi connectivity index (χ0) is 13.8. The van der Waals surface area contributed by atoms with Crippen molar-refractivity contribution in [2.75, 3.05) is 18.6 Å². The molecule has 0 aliphatic carbocycles. The summed E-state index contributed by atoms with van der Waals surface area (Å²) >= 11 is 0. The Kier molecular flexibility index (Phi) is 5.02. The zero-order valence-corrected chi connectivity index (χ0v) is 12.0. The predicted octanol–water partition coefficient (Wildman–Crippen LogP) is 2.24. The highest BCUT2D eigenvalue weighted by atomic mass is 32.2. The lowest BCUT2D eigenvalue weighted by molar-refractivity contribution is 0.414. The van der Waals surface area contributed by atoms with Crippen molar-refractivity contribution in [3.8, 4) is 5.75 Å². The topological polar surface area (TPSA) is 69.4 Å². The molecule has 18 heavy (non-hydrogen) atoms. The Morgan fingerprint density at radius 3 is 2.50 bits per heavy atom. The van der Waals surface area contributed by atoms with Crippen molar-refractivity contribution < 1.29 is 13.2 Å². The van der Waals surface area contributed by atoms with Crippen LogP contribution in [0.2, 0.25) is 0 Å². The van der Waals surface area contributed by atoms with E-state index in [4.69, 9.17) is 10.5 Å². The molecule has 0 aliphatic rings. The Labute approximate surface area is 109 Å². The number of rotatable bonds is 6. The molecule has 5 heteroatoms. The van der Waals surface area contributed by atoms with Crippen molar-refractivity contribution in [3.05, 3.63) is 23.8 Å². The number of hydrogen-bond donors (Lipinski definition) is 1. The standard InChI is InChI=1S/C13H21NO3S/c1-10(2)4-5-18(15,16)9-11-6-12(14)8-13(7-11)17-3/h6-8,10H,4-5,9,14H2,1-3H3. The molecule has 1 aromatic carbocycles. The maximum atomic E-state index is 11.9. The molecular formula is C13H21NO3S. The fraction of sp³-hybridized carbons (Fsp3) is 0.538. The highest BCUT2D eigenvalue weighted by molar-refractivity contribution is 7.90. The van der Waals surface area contributed by atoms with Crippen molar-refractivity contribution in [1.82, 2.24) is 0 Å². The van der Waals surface area contributed by atoms with Crippen LogP contribution in [0.15, 0.2) is 18.2 Å². The molecule has 0 amide bonds. The Morgan fingerprint density at radius 1 is 1.28 bits per heavy atom. The van der Waals surface area contributed by atoms with Crippen LogP contribution in [-0.4, -0.2) is 21.3 Å². The summed E-state index contributed by atoms with van der Waals surface area (Å²) in [5.41, 5.74) is 6.89. The van der Waals surface area contributed by atoms with E-state index in [9.17, 15) is 8.42 Å². The van der Waals surface area contributed by atoms with Gasteiger partial charge in [-0.2, -0.15) is 0 Å². The number of methoxy groups -OCH3 is 1. The SMILES string of the molecule is COc1cc(N)cc(CS(=O)(=O)CCC(C)C)c1. The molecule has 0 heterocycles. The fourth-order valence-electron chi connectivity index (χ4n) is 1.63. The monoisotopic (exact) mass is 271 g/mol. The zero-order valence-electron chi connectivity index (χ0n) is 11.1. The summed E-state index contributed by atoms with van der Waals surface area (Å²) in [6, 6.07) is 5.06. The van der Waals surface area contributed by atoms with Gasteiger partial charge in [0.15, 0.2) is 9.84 Å². The van der Waals surface area contributed by atoms with Gasteiger partial charge in [0.1, 0.15) is 5.75 Å². The number of anilines is 1. The molecule has 0 spiro atoms. The molecule has 0 atom stereocenters. The molecule has 0 saturated carbocycles. The minimum absolute atomic E-state index is 0.0150. The number of sulfone groups is 1.